The molecule has 0 unspecified atom stereocenters. The molecular weight excluding hydrogens is 485 g/mol. The van der Waals surface area contributed by atoms with Crippen molar-refractivity contribution in [2.75, 3.05) is 48.4 Å². The molecule has 1 aliphatic carbocycles. The van der Waals surface area contributed by atoms with Gasteiger partial charge in [-0.1, -0.05) is 12.8 Å². The van der Waals surface area contributed by atoms with Crippen LogP contribution in [0, 0.1) is 5.82 Å². The number of rotatable bonds is 5. The van der Waals surface area contributed by atoms with Gasteiger partial charge in [0.1, 0.15) is 5.82 Å². The number of nitrogens with two attached hydrogens (primary N) is 1. The van der Waals surface area contributed by atoms with Crippen molar-refractivity contribution in [3.05, 3.63) is 41.5 Å². The van der Waals surface area contributed by atoms with Gasteiger partial charge in [0.15, 0.2) is 0 Å². The van der Waals surface area contributed by atoms with Crippen LogP contribution < -0.4 is 16.0 Å². The van der Waals surface area contributed by atoms with E-state index >= 15 is 0 Å². The van der Waals surface area contributed by atoms with E-state index in [1.54, 1.807) is 12.1 Å². The van der Waals surface area contributed by atoms with Crippen molar-refractivity contribution in [2.45, 2.75) is 38.5 Å². The number of nitrogens with zero attached hydrogens (tertiary/aromatic N) is 7. The molecule has 13 heteroatoms. The Balaban J connectivity index is 1.29. The van der Waals surface area contributed by atoms with Crippen LogP contribution in [0.3, 0.4) is 0 Å². The Kier molecular flexibility index (Phi) is 6.75. The molecule has 1 saturated heterocycles. The smallest absolute Gasteiger partial charge is 0.254 e. The fraction of sp³-hybridized carbons (Fsp3) is 0.478. The summed E-state index contributed by atoms with van der Waals surface area (Å²) in [5.74, 6) is 0.272. The molecule has 0 amide bonds. The Hall–Kier alpha value is -3.32. The molecule has 2 aliphatic rings. The van der Waals surface area contributed by atoms with E-state index in [0.717, 1.165) is 31.4 Å². The van der Waals surface area contributed by atoms with Crippen LogP contribution in [-0.2, 0) is 22.9 Å². The molecule has 3 heterocycles. The number of hydrogen-bond donors (Lipinski definition) is 2. The molecule has 0 spiro atoms. The van der Waals surface area contributed by atoms with Gasteiger partial charge in [-0.25, -0.2) is 22.8 Å². The second kappa shape index (κ2) is 9.97. The van der Waals surface area contributed by atoms with Crippen LogP contribution in [0.2, 0.25) is 0 Å². The molecule has 192 valence electrons. The Morgan fingerprint density at radius 2 is 1.78 bits per heavy atom. The zero-order chi connectivity index (χ0) is 25.3. The Bertz CT molecular complexity index is 1350. The van der Waals surface area contributed by atoms with E-state index in [1.807, 2.05) is 11.1 Å². The summed E-state index contributed by atoms with van der Waals surface area (Å²) in [5, 5.41) is 7.38. The van der Waals surface area contributed by atoms with Crippen molar-refractivity contribution < 1.29 is 12.8 Å². The van der Waals surface area contributed by atoms with Gasteiger partial charge in [-0.15, -0.1) is 5.10 Å². The highest BCUT2D eigenvalue weighted by Gasteiger charge is 2.25. The SMILES string of the molecule is CS(=O)(=O)N1CCN(c2ccc(Nc3nc(N)n(-c4ncc5c(n4)CCCCCC5)n3)cc2F)CC1. The molecule has 3 aromatic rings. The number of benzene rings is 1. The molecule has 1 aliphatic heterocycles. The third-order valence-corrected chi connectivity index (χ3v) is 7.93. The lowest BCUT2D eigenvalue weighted by Crippen LogP contribution is -2.48. The summed E-state index contributed by atoms with van der Waals surface area (Å²) < 4.78 is 41.2. The first-order chi connectivity index (χ1) is 17.3. The molecule has 1 aromatic carbocycles. The number of aryl methyl sites for hydroxylation is 2. The average molecular weight is 516 g/mol. The summed E-state index contributed by atoms with van der Waals surface area (Å²) in [5.41, 5.74) is 9.17. The second-order valence-corrected chi connectivity index (χ2v) is 11.2. The molecule has 1 fully saturated rings. The molecule has 0 atom stereocenters. The number of aromatic nitrogens is 5. The maximum Gasteiger partial charge on any atom is 0.254 e. The minimum absolute atomic E-state index is 0.129. The minimum Gasteiger partial charge on any atom is -0.368 e. The molecule has 36 heavy (non-hydrogen) atoms. The van der Waals surface area contributed by atoms with Crippen LogP contribution >= 0.6 is 0 Å². The van der Waals surface area contributed by atoms with Crippen LogP contribution in [0.15, 0.2) is 24.4 Å². The first-order valence-electron chi connectivity index (χ1n) is 12.1. The molecule has 0 saturated carbocycles. The van der Waals surface area contributed by atoms with Crippen LogP contribution in [0.1, 0.15) is 36.9 Å². The maximum atomic E-state index is 14.9. The van der Waals surface area contributed by atoms with Crippen molar-refractivity contribution in [3.63, 3.8) is 0 Å². The first kappa shape index (κ1) is 24.4. The van der Waals surface area contributed by atoms with Gasteiger partial charge >= 0.3 is 0 Å². The van der Waals surface area contributed by atoms with Crippen molar-refractivity contribution in [2.24, 2.45) is 0 Å². The second-order valence-electron chi connectivity index (χ2n) is 9.20. The van der Waals surface area contributed by atoms with Crippen molar-refractivity contribution in [1.29, 1.82) is 0 Å². The predicted molar refractivity (Wildman–Crippen MR) is 136 cm³/mol. The maximum absolute atomic E-state index is 14.9. The Labute approximate surface area is 209 Å². The summed E-state index contributed by atoms with van der Waals surface area (Å²) in [6, 6.07) is 4.74. The monoisotopic (exact) mass is 515 g/mol. The first-order valence-corrected chi connectivity index (χ1v) is 14.0. The highest BCUT2D eigenvalue weighted by Crippen LogP contribution is 2.26. The largest absolute Gasteiger partial charge is 0.368 e. The fourth-order valence-electron chi connectivity index (χ4n) is 4.68. The van der Waals surface area contributed by atoms with E-state index < -0.39 is 15.8 Å². The molecule has 11 nitrogen and oxygen atoms in total. The molecule has 5 rings (SSSR count). The average Bonchev–Trinajstić information content (AvgIpc) is 3.19. The van der Waals surface area contributed by atoms with E-state index in [-0.39, 0.29) is 11.9 Å². The topological polar surface area (TPSA) is 135 Å². The quantitative estimate of drug-likeness (QED) is 0.524. The van der Waals surface area contributed by atoms with Gasteiger partial charge < -0.3 is 16.0 Å². The molecule has 3 N–H and O–H groups in total. The van der Waals surface area contributed by atoms with E-state index in [4.69, 9.17) is 10.7 Å². The minimum atomic E-state index is -3.24. The number of nitrogens with one attached hydrogen (secondary N) is 1. The zero-order valence-electron chi connectivity index (χ0n) is 20.2. The van der Waals surface area contributed by atoms with E-state index in [9.17, 15) is 12.8 Å². The van der Waals surface area contributed by atoms with Crippen molar-refractivity contribution in [1.82, 2.24) is 29.0 Å². The third kappa shape index (κ3) is 5.26. The Morgan fingerprint density at radius 3 is 2.50 bits per heavy atom. The molecule has 0 bridgehead atoms. The number of fused-ring (bicyclic) bond motifs is 1. The number of halogens is 1. The van der Waals surface area contributed by atoms with Crippen LogP contribution in [0.25, 0.3) is 5.95 Å². The van der Waals surface area contributed by atoms with Crippen LogP contribution in [0.5, 0.6) is 0 Å². The fourth-order valence-corrected chi connectivity index (χ4v) is 5.50. The molecular formula is C23H30FN9O2S. The van der Waals surface area contributed by atoms with Gasteiger partial charge in [-0.2, -0.15) is 14.0 Å². The van der Waals surface area contributed by atoms with Gasteiger partial charge in [0.25, 0.3) is 5.95 Å². The van der Waals surface area contributed by atoms with Gasteiger partial charge in [-0.05, 0) is 49.4 Å². The van der Waals surface area contributed by atoms with Gasteiger partial charge in [-0.3, -0.25) is 0 Å². The molecule has 0 radical (unpaired) electrons. The number of anilines is 4. The normalized spacial score (nSPS) is 17.3. The lowest BCUT2D eigenvalue weighted by Gasteiger charge is -2.34. The van der Waals surface area contributed by atoms with Gasteiger partial charge in [0, 0.05) is 43.8 Å². The lowest BCUT2D eigenvalue weighted by molar-refractivity contribution is 0.386. The van der Waals surface area contributed by atoms with E-state index in [0.29, 0.717) is 43.5 Å². The van der Waals surface area contributed by atoms with E-state index in [2.05, 4.69) is 20.4 Å². The summed E-state index contributed by atoms with van der Waals surface area (Å²) in [6.45, 7) is 1.48. The van der Waals surface area contributed by atoms with Gasteiger partial charge in [0.2, 0.25) is 21.9 Å². The molecule has 2 aromatic heterocycles. The highest BCUT2D eigenvalue weighted by molar-refractivity contribution is 7.88. The van der Waals surface area contributed by atoms with Crippen molar-refractivity contribution in [3.8, 4) is 5.95 Å². The van der Waals surface area contributed by atoms with Gasteiger partial charge in [0.05, 0.1) is 11.9 Å². The van der Waals surface area contributed by atoms with Crippen LogP contribution in [0.4, 0.5) is 27.7 Å². The summed E-state index contributed by atoms with van der Waals surface area (Å²) >= 11 is 0. The number of piperazine rings is 1. The summed E-state index contributed by atoms with van der Waals surface area (Å²) in [7, 11) is -3.24. The number of hydrogen-bond acceptors (Lipinski definition) is 9. The van der Waals surface area contributed by atoms with E-state index in [1.165, 1.54) is 39.7 Å². The van der Waals surface area contributed by atoms with Crippen molar-refractivity contribution >= 4 is 33.3 Å². The highest BCUT2D eigenvalue weighted by atomic mass is 32.2. The zero-order valence-corrected chi connectivity index (χ0v) is 21.0. The standard InChI is InChI=1S/C23H30FN9O2S/c1-36(34,35)32-12-10-31(11-13-32)20-9-8-17(14-18(20)24)27-22-29-21(25)33(30-22)23-26-15-16-6-4-2-3-5-7-19(16)28-23/h8-9,14-15H,2-7,10-13H2,1H3,(H3,25,27,29,30). The summed E-state index contributed by atoms with van der Waals surface area (Å²) in [4.78, 5) is 15.2. The predicted octanol–water partition coefficient (Wildman–Crippen LogP) is 2.26. The van der Waals surface area contributed by atoms with Crippen LogP contribution in [-0.4, -0.2) is 69.9 Å². The Morgan fingerprint density at radius 1 is 1.03 bits per heavy atom. The lowest BCUT2D eigenvalue weighted by atomic mass is 9.98. The summed E-state index contributed by atoms with van der Waals surface area (Å²) in [6.07, 6.45) is 9.58. The number of sulfonamides is 1. The number of nitrogen functional groups attached to an aromatic ring is 1. The third-order valence-electron chi connectivity index (χ3n) is 6.62.